The van der Waals surface area contributed by atoms with Crippen molar-refractivity contribution in [3.8, 4) is 10.6 Å². The number of pyridine rings is 1. The maximum Gasteiger partial charge on any atom is 0.237 e. The van der Waals surface area contributed by atoms with Crippen LogP contribution in [0.4, 0.5) is 10.3 Å². The number of hydrogen-bond acceptors (Lipinski definition) is 5. The van der Waals surface area contributed by atoms with Crippen molar-refractivity contribution in [2.45, 2.75) is 0 Å². The van der Waals surface area contributed by atoms with Gasteiger partial charge in [-0.2, -0.15) is 9.36 Å². The van der Waals surface area contributed by atoms with Crippen molar-refractivity contribution in [3.63, 3.8) is 0 Å². The van der Waals surface area contributed by atoms with Gasteiger partial charge in [0.1, 0.15) is 10.8 Å². The molecule has 0 aliphatic heterocycles. The monoisotopic (exact) mass is 274 g/mol. The van der Waals surface area contributed by atoms with Gasteiger partial charge in [-0.15, -0.1) is 0 Å². The van der Waals surface area contributed by atoms with Gasteiger partial charge in [0.05, 0.1) is 5.52 Å². The lowest BCUT2D eigenvalue weighted by Crippen LogP contribution is -2.09. The highest BCUT2D eigenvalue weighted by Gasteiger charge is 2.13. The van der Waals surface area contributed by atoms with Crippen molar-refractivity contribution in [2.24, 2.45) is 0 Å². The molecule has 0 bridgehead atoms. The smallest absolute Gasteiger partial charge is 0.237 e. The summed E-state index contributed by atoms with van der Waals surface area (Å²) in [5.41, 5.74) is 1.42. The van der Waals surface area contributed by atoms with E-state index in [0.29, 0.717) is 16.5 Å². The third-order valence-electron chi connectivity index (χ3n) is 2.72. The molecule has 96 valence electrons. The topological polar surface area (TPSA) is 41.9 Å². The molecule has 1 aromatic carbocycles. The second-order valence-corrected chi connectivity index (χ2v) is 5.07. The first kappa shape index (κ1) is 12.0. The van der Waals surface area contributed by atoms with Crippen LogP contribution >= 0.6 is 11.5 Å². The van der Waals surface area contributed by atoms with Gasteiger partial charge in [0.15, 0.2) is 0 Å². The maximum atomic E-state index is 13.7. The first-order valence-electron chi connectivity index (χ1n) is 5.71. The molecule has 2 aromatic heterocycles. The zero-order valence-electron chi connectivity index (χ0n) is 10.5. The van der Waals surface area contributed by atoms with Crippen LogP contribution in [0, 0.1) is 5.82 Å². The molecule has 0 spiro atoms. The van der Waals surface area contributed by atoms with E-state index < -0.39 is 0 Å². The van der Waals surface area contributed by atoms with Gasteiger partial charge in [-0.05, 0) is 29.7 Å². The Morgan fingerprint density at radius 3 is 2.84 bits per heavy atom. The van der Waals surface area contributed by atoms with Crippen molar-refractivity contribution >= 4 is 28.4 Å². The quantitative estimate of drug-likeness (QED) is 0.720. The van der Waals surface area contributed by atoms with Gasteiger partial charge >= 0.3 is 0 Å². The molecule has 0 radical (unpaired) electrons. The van der Waals surface area contributed by atoms with Gasteiger partial charge < -0.3 is 4.90 Å². The molecule has 0 N–H and O–H groups in total. The van der Waals surface area contributed by atoms with Crippen LogP contribution in [0.5, 0.6) is 0 Å². The predicted octanol–water partition coefficient (Wildman–Crippen LogP) is 2.96. The summed E-state index contributed by atoms with van der Waals surface area (Å²) in [6.45, 7) is 0. The SMILES string of the molecule is CN(C)c1nsc(-c2cc(F)cc3cccnc23)n1. The Morgan fingerprint density at radius 2 is 2.11 bits per heavy atom. The number of aromatic nitrogens is 3. The second-order valence-electron chi connectivity index (χ2n) is 4.32. The van der Waals surface area contributed by atoms with Gasteiger partial charge in [-0.3, -0.25) is 4.98 Å². The molecule has 0 fully saturated rings. The van der Waals surface area contributed by atoms with E-state index in [9.17, 15) is 4.39 Å². The fourth-order valence-corrected chi connectivity index (χ4v) is 2.57. The van der Waals surface area contributed by atoms with Crippen molar-refractivity contribution < 1.29 is 4.39 Å². The molecule has 0 atom stereocenters. The Morgan fingerprint density at radius 1 is 1.26 bits per heavy atom. The van der Waals surface area contributed by atoms with E-state index in [1.54, 1.807) is 12.3 Å². The Kier molecular flexibility index (Phi) is 2.87. The molecule has 0 unspecified atom stereocenters. The summed E-state index contributed by atoms with van der Waals surface area (Å²) in [6, 6.07) is 6.55. The van der Waals surface area contributed by atoms with Crippen LogP contribution in [0.1, 0.15) is 0 Å². The van der Waals surface area contributed by atoms with Crippen LogP contribution in [-0.4, -0.2) is 28.4 Å². The van der Waals surface area contributed by atoms with Crippen LogP contribution in [0.25, 0.3) is 21.5 Å². The minimum atomic E-state index is -0.294. The molecule has 6 heteroatoms. The zero-order valence-corrected chi connectivity index (χ0v) is 11.3. The van der Waals surface area contributed by atoms with Crippen LogP contribution in [0.3, 0.4) is 0 Å². The largest absolute Gasteiger partial charge is 0.346 e. The zero-order chi connectivity index (χ0) is 13.4. The number of rotatable bonds is 2. The second kappa shape index (κ2) is 4.55. The van der Waals surface area contributed by atoms with E-state index in [1.165, 1.54) is 23.7 Å². The van der Waals surface area contributed by atoms with Gasteiger partial charge in [-0.25, -0.2) is 4.39 Å². The highest BCUT2D eigenvalue weighted by Crippen LogP contribution is 2.30. The molecule has 0 saturated carbocycles. The summed E-state index contributed by atoms with van der Waals surface area (Å²) in [6.07, 6.45) is 1.69. The summed E-state index contributed by atoms with van der Waals surface area (Å²) in [5.74, 6) is 0.324. The van der Waals surface area contributed by atoms with Crippen LogP contribution in [0.2, 0.25) is 0 Å². The van der Waals surface area contributed by atoms with E-state index in [0.717, 1.165) is 10.9 Å². The average molecular weight is 274 g/mol. The van der Waals surface area contributed by atoms with E-state index >= 15 is 0 Å². The van der Waals surface area contributed by atoms with Crippen molar-refractivity contribution in [2.75, 3.05) is 19.0 Å². The summed E-state index contributed by atoms with van der Waals surface area (Å²) < 4.78 is 17.9. The fraction of sp³-hybridized carbons (Fsp3) is 0.154. The number of anilines is 1. The maximum absolute atomic E-state index is 13.7. The number of hydrogen-bond donors (Lipinski definition) is 0. The van der Waals surface area contributed by atoms with Gasteiger partial charge in [0.25, 0.3) is 0 Å². The number of benzene rings is 1. The van der Waals surface area contributed by atoms with Crippen molar-refractivity contribution in [1.82, 2.24) is 14.3 Å². The Hall–Kier alpha value is -2.08. The molecule has 2 heterocycles. The van der Waals surface area contributed by atoms with E-state index in [1.807, 2.05) is 25.1 Å². The number of fused-ring (bicyclic) bond motifs is 1. The van der Waals surface area contributed by atoms with Gasteiger partial charge in [0, 0.05) is 31.2 Å². The number of halogens is 1. The Balaban J connectivity index is 2.23. The normalized spacial score (nSPS) is 10.9. The summed E-state index contributed by atoms with van der Waals surface area (Å²) in [7, 11) is 3.74. The van der Waals surface area contributed by atoms with E-state index in [2.05, 4.69) is 14.3 Å². The standard InChI is InChI=1S/C13H11FN4S/c1-18(2)13-16-12(19-17-13)10-7-9(14)6-8-4-3-5-15-11(8)10/h3-7H,1-2H3. The molecule has 0 amide bonds. The third-order valence-corrected chi connectivity index (χ3v) is 3.45. The minimum Gasteiger partial charge on any atom is -0.346 e. The molecule has 3 aromatic rings. The van der Waals surface area contributed by atoms with E-state index in [4.69, 9.17) is 0 Å². The van der Waals surface area contributed by atoms with Gasteiger partial charge in [0.2, 0.25) is 5.95 Å². The highest BCUT2D eigenvalue weighted by atomic mass is 32.1. The third kappa shape index (κ3) is 2.15. The molecule has 0 aliphatic rings. The lowest BCUT2D eigenvalue weighted by Gasteiger charge is -2.05. The molecule has 19 heavy (non-hydrogen) atoms. The molecule has 4 nitrogen and oxygen atoms in total. The van der Waals surface area contributed by atoms with Crippen molar-refractivity contribution in [1.29, 1.82) is 0 Å². The van der Waals surface area contributed by atoms with Crippen LogP contribution in [0.15, 0.2) is 30.5 Å². The Bertz CT molecular complexity index is 738. The molecule has 0 aliphatic carbocycles. The van der Waals surface area contributed by atoms with Crippen molar-refractivity contribution in [3.05, 3.63) is 36.3 Å². The number of nitrogens with zero attached hydrogens (tertiary/aromatic N) is 4. The lowest BCUT2D eigenvalue weighted by molar-refractivity contribution is 0.630. The van der Waals surface area contributed by atoms with Crippen LogP contribution in [-0.2, 0) is 0 Å². The van der Waals surface area contributed by atoms with Gasteiger partial charge in [-0.1, -0.05) is 6.07 Å². The lowest BCUT2D eigenvalue weighted by atomic mass is 10.1. The average Bonchev–Trinajstić information content (AvgIpc) is 2.87. The van der Waals surface area contributed by atoms with Crippen LogP contribution < -0.4 is 4.90 Å². The first-order chi connectivity index (χ1) is 9.15. The minimum absolute atomic E-state index is 0.294. The molecular formula is C13H11FN4S. The highest BCUT2D eigenvalue weighted by molar-refractivity contribution is 7.09. The molecular weight excluding hydrogens is 263 g/mol. The summed E-state index contributed by atoms with van der Waals surface area (Å²) >= 11 is 1.25. The molecule has 0 saturated heterocycles. The van der Waals surface area contributed by atoms with E-state index in [-0.39, 0.29) is 5.82 Å². The first-order valence-corrected chi connectivity index (χ1v) is 6.48. The Labute approximate surface area is 113 Å². The molecule has 3 rings (SSSR count). The summed E-state index contributed by atoms with van der Waals surface area (Å²) in [5, 5.41) is 1.44. The summed E-state index contributed by atoms with van der Waals surface area (Å²) in [4.78, 5) is 10.5. The predicted molar refractivity (Wildman–Crippen MR) is 74.9 cm³/mol. The fourth-order valence-electron chi connectivity index (χ4n) is 1.83.